The van der Waals surface area contributed by atoms with Crippen molar-refractivity contribution in [1.82, 2.24) is 4.90 Å². The number of rotatable bonds is 10. The van der Waals surface area contributed by atoms with Gasteiger partial charge in [-0.3, -0.25) is 4.90 Å². The topological polar surface area (TPSA) is 38.5 Å². The standard InChI is InChI=1S/C29H33ClN2O/c1-3-4-17-32(22-27-9-7-26(21-31)8-10-27)18-19-33-29-16-13-25(20-23(29)2)6-5-24-11-14-28(30)15-12-24/h7-16,20H,3-4,17-19,21-22,31H2,1-2H3. The normalized spacial score (nSPS) is 10.7. The van der Waals surface area contributed by atoms with E-state index < -0.39 is 0 Å². The Kier molecular flexibility index (Phi) is 9.84. The van der Waals surface area contributed by atoms with E-state index in [4.69, 9.17) is 22.1 Å². The predicted octanol–water partition coefficient (Wildman–Crippen LogP) is 6.19. The molecule has 3 aromatic rings. The van der Waals surface area contributed by atoms with Crippen molar-refractivity contribution >= 4 is 11.6 Å². The molecule has 3 aromatic carbocycles. The van der Waals surface area contributed by atoms with Crippen LogP contribution in [-0.2, 0) is 13.1 Å². The first-order valence-corrected chi connectivity index (χ1v) is 12.0. The highest BCUT2D eigenvalue weighted by molar-refractivity contribution is 6.30. The molecule has 0 amide bonds. The zero-order valence-electron chi connectivity index (χ0n) is 19.6. The van der Waals surface area contributed by atoms with Gasteiger partial charge in [0.15, 0.2) is 0 Å². The number of hydrogen-bond acceptors (Lipinski definition) is 3. The summed E-state index contributed by atoms with van der Waals surface area (Å²) in [7, 11) is 0. The lowest BCUT2D eigenvalue weighted by Gasteiger charge is -2.23. The van der Waals surface area contributed by atoms with Crippen LogP contribution < -0.4 is 10.5 Å². The van der Waals surface area contributed by atoms with Crippen molar-refractivity contribution in [3.05, 3.63) is 99.6 Å². The molecule has 0 aliphatic rings. The zero-order valence-corrected chi connectivity index (χ0v) is 20.4. The summed E-state index contributed by atoms with van der Waals surface area (Å²) in [6.07, 6.45) is 2.36. The summed E-state index contributed by atoms with van der Waals surface area (Å²) >= 11 is 5.94. The van der Waals surface area contributed by atoms with Crippen molar-refractivity contribution in [2.75, 3.05) is 19.7 Å². The van der Waals surface area contributed by atoms with E-state index in [1.807, 2.05) is 36.4 Å². The van der Waals surface area contributed by atoms with Crippen molar-refractivity contribution in [2.45, 2.75) is 39.8 Å². The molecule has 0 fully saturated rings. The Labute approximate surface area is 203 Å². The summed E-state index contributed by atoms with van der Waals surface area (Å²) in [5, 5.41) is 0.718. The third-order valence-corrected chi connectivity index (χ3v) is 5.78. The van der Waals surface area contributed by atoms with Gasteiger partial charge in [0.25, 0.3) is 0 Å². The maximum atomic E-state index is 6.13. The van der Waals surface area contributed by atoms with Gasteiger partial charge in [-0.1, -0.05) is 61.1 Å². The van der Waals surface area contributed by atoms with E-state index in [0.29, 0.717) is 13.2 Å². The van der Waals surface area contributed by atoms with Crippen LogP contribution in [0.25, 0.3) is 0 Å². The van der Waals surface area contributed by atoms with Crippen LogP contribution in [0.4, 0.5) is 0 Å². The molecule has 0 aliphatic carbocycles. The van der Waals surface area contributed by atoms with E-state index in [1.165, 1.54) is 24.0 Å². The lowest BCUT2D eigenvalue weighted by Crippen LogP contribution is -2.29. The minimum Gasteiger partial charge on any atom is -0.492 e. The maximum absolute atomic E-state index is 6.13. The zero-order chi connectivity index (χ0) is 23.5. The largest absolute Gasteiger partial charge is 0.492 e. The monoisotopic (exact) mass is 460 g/mol. The van der Waals surface area contributed by atoms with E-state index in [0.717, 1.165) is 47.1 Å². The van der Waals surface area contributed by atoms with E-state index >= 15 is 0 Å². The molecule has 0 aromatic heterocycles. The van der Waals surface area contributed by atoms with Gasteiger partial charge in [-0.25, -0.2) is 0 Å². The van der Waals surface area contributed by atoms with Gasteiger partial charge < -0.3 is 10.5 Å². The maximum Gasteiger partial charge on any atom is 0.122 e. The molecule has 33 heavy (non-hydrogen) atoms. The summed E-state index contributed by atoms with van der Waals surface area (Å²) in [5.41, 5.74) is 11.2. The van der Waals surface area contributed by atoms with E-state index in [-0.39, 0.29) is 0 Å². The van der Waals surface area contributed by atoms with E-state index in [9.17, 15) is 0 Å². The number of hydrogen-bond donors (Lipinski definition) is 1. The van der Waals surface area contributed by atoms with Crippen molar-refractivity contribution in [2.24, 2.45) is 5.73 Å². The highest BCUT2D eigenvalue weighted by Crippen LogP contribution is 2.19. The first kappa shape index (κ1) is 24.9. The van der Waals surface area contributed by atoms with Crippen LogP contribution in [0, 0.1) is 18.8 Å². The predicted molar refractivity (Wildman–Crippen MR) is 139 cm³/mol. The summed E-state index contributed by atoms with van der Waals surface area (Å²) in [6, 6.07) is 22.3. The van der Waals surface area contributed by atoms with Crippen LogP contribution in [-0.4, -0.2) is 24.6 Å². The quantitative estimate of drug-likeness (QED) is 0.367. The Morgan fingerprint density at radius 3 is 2.21 bits per heavy atom. The molecule has 3 nitrogen and oxygen atoms in total. The Bertz CT molecular complexity index is 1070. The molecule has 0 heterocycles. The number of ether oxygens (including phenoxy) is 1. The fraction of sp³-hybridized carbons (Fsp3) is 0.310. The Balaban J connectivity index is 1.56. The number of nitrogens with two attached hydrogens (primary N) is 1. The van der Waals surface area contributed by atoms with Crippen molar-refractivity contribution in [1.29, 1.82) is 0 Å². The molecule has 0 atom stereocenters. The summed E-state index contributed by atoms with van der Waals surface area (Å²) in [4.78, 5) is 2.46. The molecule has 3 rings (SSSR count). The van der Waals surface area contributed by atoms with Crippen LogP contribution in [0.2, 0.25) is 5.02 Å². The van der Waals surface area contributed by atoms with Gasteiger partial charge in [-0.15, -0.1) is 0 Å². The minimum atomic E-state index is 0.582. The molecule has 0 saturated carbocycles. The van der Waals surface area contributed by atoms with Gasteiger partial charge in [-0.05, 0) is 79.0 Å². The van der Waals surface area contributed by atoms with Gasteiger partial charge in [0.1, 0.15) is 12.4 Å². The number of unbranched alkanes of at least 4 members (excludes halogenated alkanes) is 1. The molecule has 2 N–H and O–H groups in total. The first-order valence-electron chi connectivity index (χ1n) is 11.6. The van der Waals surface area contributed by atoms with Gasteiger partial charge in [0.05, 0.1) is 0 Å². The Morgan fingerprint density at radius 1 is 0.879 bits per heavy atom. The Morgan fingerprint density at radius 2 is 1.55 bits per heavy atom. The van der Waals surface area contributed by atoms with Gasteiger partial charge in [-0.2, -0.15) is 0 Å². The van der Waals surface area contributed by atoms with Crippen LogP contribution >= 0.6 is 11.6 Å². The second kappa shape index (κ2) is 13.1. The van der Waals surface area contributed by atoms with Crippen molar-refractivity contribution < 1.29 is 4.74 Å². The SMILES string of the molecule is CCCCN(CCOc1ccc(C#Cc2ccc(Cl)cc2)cc1C)Cc1ccc(CN)cc1. The van der Waals surface area contributed by atoms with Crippen LogP contribution in [0.1, 0.15) is 47.6 Å². The molecule has 0 spiro atoms. The second-order valence-corrected chi connectivity index (χ2v) is 8.67. The highest BCUT2D eigenvalue weighted by Gasteiger charge is 2.08. The first-order chi connectivity index (χ1) is 16.1. The molecular formula is C29H33ClN2O. The molecule has 172 valence electrons. The summed E-state index contributed by atoms with van der Waals surface area (Å²) in [5.74, 6) is 7.31. The average molecular weight is 461 g/mol. The summed E-state index contributed by atoms with van der Waals surface area (Å²) < 4.78 is 6.13. The molecule has 0 saturated heterocycles. The highest BCUT2D eigenvalue weighted by atomic mass is 35.5. The van der Waals surface area contributed by atoms with Crippen LogP contribution in [0.15, 0.2) is 66.7 Å². The number of nitrogens with zero attached hydrogens (tertiary/aromatic N) is 1. The molecule has 0 radical (unpaired) electrons. The van der Waals surface area contributed by atoms with Crippen LogP contribution in [0.5, 0.6) is 5.75 Å². The summed E-state index contributed by atoms with van der Waals surface area (Å²) in [6.45, 7) is 8.40. The van der Waals surface area contributed by atoms with Crippen molar-refractivity contribution in [3.8, 4) is 17.6 Å². The second-order valence-electron chi connectivity index (χ2n) is 8.24. The number of halogens is 1. The van der Waals surface area contributed by atoms with E-state index in [1.54, 1.807) is 0 Å². The lowest BCUT2D eigenvalue weighted by atomic mass is 10.1. The fourth-order valence-corrected chi connectivity index (χ4v) is 3.67. The molecule has 0 aliphatic heterocycles. The third kappa shape index (κ3) is 8.26. The molecular weight excluding hydrogens is 428 g/mol. The number of benzene rings is 3. The molecule has 0 unspecified atom stereocenters. The fourth-order valence-electron chi connectivity index (χ4n) is 3.54. The Hall–Kier alpha value is -2.77. The third-order valence-electron chi connectivity index (χ3n) is 5.53. The van der Waals surface area contributed by atoms with E-state index in [2.05, 4.69) is 60.9 Å². The molecule has 0 bridgehead atoms. The van der Waals surface area contributed by atoms with Crippen LogP contribution in [0.3, 0.4) is 0 Å². The van der Waals surface area contributed by atoms with Gasteiger partial charge in [0, 0.05) is 35.8 Å². The minimum absolute atomic E-state index is 0.582. The average Bonchev–Trinajstić information content (AvgIpc) is 2.83. The van der Waals surface area contributed by atoms with Gasteiger partial charge in [0.2, 0.25) is 0 Å². The van der Waals surface area contributed by atoms with Crippen molar-refractivity contribution in [3.63, 3.8) is 0 Å². The van der Waals surface area contributed by atoms with Gasteiger partial charge >= 0.3 is 0 Å². The molecule has 4 heteroatoms. The smallest absolute Gasteiger partial charge is 0.122 e. The lowest BCUT2D eigenvalue weighted by molar-refractivity contribution is 0.200. The number of aryl methyl sites for hydroxylation is 1.